The Morgan fingerprint density at radius 2 is 0.808 bits per heavy atom. The zero-order valence-electron chi connectivity index (χ0n) is 19.9. The molecule has 1 unspecified atom stereocenters. The summed E-state index contributed by atoms with van der Waals surface area (Å²) in [7, 11) is 0. The van der Waals surface area contributed by atoms with Crippen LogP contribution in [0.4, 0.5) is 0 Å². The summed E-state index contributed by atoms with van der Waals surface area (Å²) in [5, 5.41) is 0. The molecule has 0 nitrogen and oxygen atoms in total. The average Bonchev–Trinajstić information content (AvgIpc) is 2.57. The largest absolute Gasteiger partial charge is 0.0654 e. The zero-order chi connectivity index (χ0) is 19.9. The van der Waals surface area contributed by atoms with Crippen LogP contribution in [0.2, 0.25) is 0 Å². The second-order valence-corrected chi connectivity index (χ2v) is 10.6. The Balaban J connectivity index is 3.37. The third kappa shape index (κ3) is 12.4. The molecule has 26 heavy (non-hydrogen) atoms. The van der Waals surface area contributed by atoms with E-state index in [1.165, 1.54) is 103 Å². The highest BCUT2D eigenvalue weighted by atomic mass is 14.4. The maximum Gasteiger partial charge on any atom is -0.0280 e. The molecule has 0 bridgehead atoms. The lowest BCUT2D eigenvalue weighted by molar-refractivity contribution is 0.0578. The molecule has 0 aromatic carbocycles. The van der Waals surface area contributed by atoms with Crippen LogP contribution in [0, 0.1) is 16.7 Å². The molecule has 1 atom stereocenters. The van der Waals surface area contributed by atoms with Crippen LogP contribution in [-0.2, 0) is 0 Å². The van der Waals surface area contributed by atoms with Gasteiger partial charge in [0.15, 0.2) is 0 Å². The first kappa shape index (κ1) is 26.0. The minimum absolute atomic E-state index is 0.405. The van der Waals surface area contributed by atoms with Crippen molar-refractivity contribution in [1.82, 2.24) is 0 Å². The maximum atomic E-state index is 2.47. The van der Waals surface area contributed by atoms with Gasteiger partial charge in [-0.25, -0.2) is 0 Å². The monoisotopic (exact) mass is 366 g/mol. The first-order chi connectivity index (χ1) is 12.2. The summed E-state index contributed by atoms with van der Waals surface area (Å²) in [4.78, 5) is 0. The molecule has 0 fully saturated rings. The lowest BCUT2D eigenvalue weighted by Crippen LogP contribution is -2.35. The minimum atomic E-state index is 0.405. The molecule has 0 rings (SSSR count). The Hall–Kier alpha value is 0. The summed E-state index contributed by atoms with van der Waals surface area (Å²) in [5.41, 5.74) is 0.838. The van der Waals surface area contributed by atoms with Gasteiger partial charge in [-0.2, -0.15) is 0 Å². The van der Waals surface area contributed by atoms with Gasteiger partial charge >= 0.3 is 0 Å². The van der Waals surface area contributed by atoms with Gasteiger partial charge in [0.05, 0.1) is 0 Å². The summed E-state index contributed by atoms with van der Waals surface area (Å²) in [6.07, 6.45) is 23.3. The molecule has 0 spiro atoms. The summed E-state index contributed by atoms with van der Waals surface area (Å²) >= 11 is 0. The van der Waals surface area contributed by atoms with Crippen LogP contribution in [0.15, 0.2) is 0 Å². The van der Waals surface area contributed by atoms with E-state index in [1.54, 1.807) is 0 Å². The van der Waals surface area contributed by atoms with Gasteiger partial charge in [-0.3, -0.25) is 0 Å². The first-order valence-electron chi connectivity index (χ1n) is 12.2. The minimum Gasteiger partial charge on any atom is -0.0654 e. The third-order valence-electron chi connectivity index (χ3n) is 7.41. The molecule has 0 aliphatic carbocycles. The molecule has 0 radical (unpaired) electrons. The summed E-state index contributed by atoms with van der Waals surface area (Å²) in [5.74, 6) is 0.824. The first-order valence-corrected chi connectivity index (χ1v) is 12.2. The van der Waals surface area contributed by atoms with Gasteiger partial charge in [0, 0.05) is 0 Å². The van der Waals surface area contributed by atoms with Gasteiger partial charge < -0.3 is 0 Å². The molecule has 0 heteroatoms. The predicted molar refractivity (Wildman–Crippen MR) is 122 cm³/mol. The number of rotatable bonds is 17. The van der Waals surface area contributed by atoms with Crippen molar-refractivity contribution < 1.29 is 0 Å². The van der Waals surface area contributed by atoms with Gasteiger partial charge in [-0.05, 0) is 16.7 Å². The average molecular weight is 367 g/mol. The van der Waals surface area contributed by atoms with Crippen LogP contribution < -0.4 is 0 Å². The van der Waals surface area contributed by atoms with Crippen LogP contribution in [-0.4, -0.2) is 0 Å². The van der Waals surface area contributed by atoms with Crippen molar-refractivity contribution in [3.63, 3.8) is 0 Å². The Labute approximate surface area is 168 Å². The van der Waals surface area contributed by atoms with E-state index in [0.29, 0.717) is 10.8 Å². The highest BCUT2D eigenvalue weighted by Gasteiger charge is 2.36. The molecule has 0 aromatic heterocycles. The molecular weight excluding hydrogens is 312 g/mol. The van der Waals surface area contributed by atoms with E-state index in [1.807, 2.05) is 0 Å². The summed E-state index contributed by atoms with van der Waals surface area (Å²) in [6.45, 7) is 16.9. The number of unbranched alkanes of at least 4 members (excludes halogenated alkanes) is 14. The van der Waals surface area contributed by atoms with Crippen LogP contribution in [0.3, 0.4) is 0 Å². The Kier molecular flexibility index (Phi) is 15.0. The highest BCUT2D eigenvalue weighted by Crippen LogP contribution is 2.45. The Morgan fingerprint density at radius 1 is 0.500 bits per heavy atom. The SMILES string of the molecule is CCCCCCCCCCCCCCCCCC(C)C(C)(C)C(C)(C)C. The fraction of sp³-hybridized carbons (Fsp3) is 1.00. The van der Waals surface area contributed by atoms with Gasteiger partial charge in [0.25, 0.3) is 0 Å². The second-order valence-electron chi connectivity index (χ2n) is 10.6. The van der Waals surface area contributed by atoms with E-state index in [4.69, 9.17) is 0 Å². The van der Waals surface area contributed by atoms with Crippen molar-refractivity contribution in [3.05, 3.63) is 0 Å². The molecule has 0 saturated heterocycles. The lowest BCUT2D eigenvalue weighted by Gasteiger charge is -2.44. The molecule has 0 aromatic rings. The predicted octanol–water partition coefficient (Wildman–Crippen LogP) is 9.96. The maximum absolute atomic E-state index is 2.47. The van der Waals surface area contributed by atoms with E-state index in [9.17, 15) is 0 Å². The van der Waals surface area contributed by atoms with Crippen LogP contribution >= 0.6 is 0 Å². The van der Waals surface area contributed by atoms with E-state index in [0.717, 1.165) is 5.92 Å². The van der Waals surface area contributed by atoms with Gasteiger partial charge in [-0.1, -0.05) is 151 Å². The Morgan fingerprint density at radius 3 is 1.12 bits per heavy atom. The standard InChI is InChI=1S/C26H54/c1-8-9-10-11-12-13-14-15-16-17-18-19-20-21-22-23-24(2)26(6,7)25(3,4)5/h24H,8-23H2,1-7H3. The van der Waals surface area contributed by atoms with E-state index in [2.05, 4.69) is 48.5 Å². The van der Waals surface area contributed by atoms with Gasteiger partial charge in [-0.15, -0.1) is 0 Å². The summed E-state index contributed by atoms with van der Waals surface area (Å²) < 4.78 is 0. The van der Waals surface area contributed by atoms with Crippen molar-refractivity contribution in [2.75, 3.05) is 0 Å². The van der Waals surface area contributed by atoms with E-state index < -0.39 is 0 Å². The molecule has 0 aliphatic heterocycles. The molecule has 158 valence electrons. The molecule has 0 amide bonds. The fourth-order valence-electron chi connectivity index (χ4n) is 3.92. The molecule has 0 aliphatic rings. The third-order valence-corrected chi connectivity index (χ3v) is 7.41. The van der Waals surface area contributed by atoms with E-state index >= 15 is 0 Å². The van der Waals surface area contributed by atoms with Crippen LogP contribution in [0.25, 0.3) is 0 Å². The molecule has 0 saturated carbocycles. The topological polar surface area (TPSA) is 0 Å². The van der Waals surface area contributed by atoms with Gasteiger partial charge in [0.2, 0.25) is 0 Å². The summed E-state index contributed by atoms with van der Waals surface area (Å²) in [6, 6.07) is 0. The quantitative estimate of drug-likeness (QED) is 0.225. The molecule has 0 heterocycles. The zero-order valence-corrected chi connectivity index (χ0v) is 19.9. The lowest BCUT2D eigenvalue weighted by atomic mass is 9.61. The van der Waals surface area contributed by atoms with Crippen molar-refractivity contribution in [2.45, 2.75) is 151 Å². The highest BCUT2D eigenvalue weighted by molar-refractivity contribution is 4.86. The van der Waals surface area contributed by atoms with Crippen molar-refractivity contribution in [2.24, 2.45) is 16.7 Å². The Bertz CT molecular complexity index is 294. The van der Waals surface area contributed by atoms with Crippen LogP contribution in [0.1, 0.15) is 151 Å². The van der Waals surface area contributed by atoms with Crippen molar-refractivity contribution in [3.8, 4) is 0 Å². The molecule has 0 N–H and O–H groups in total. The number of hydrogen-bond acceptors (Lipinski definition) is 0. The van der Waals surface area contributed by atoms with E-state index in [-0.39, 0.29) is 0 Å². The normalized spacial score (nSPS) is 14.0. The smallest absolute Gasteiger partial charge is 0.0280 e. The number of hydrogen-bond donors (Lipinski definition) is 0. The van der Waals surface area contributed by atoms with Gasteiger partial charge in [0.1, 0.15) is 0 Å². The molecular formula is C26H54. The fourth-order valence-corrected chi connectivity index (χ4v) is 3.92. The second kappa shape index (κ2) is 15.0. The van der Waals surface area contributed by atoms with Crippen molar-refractivity contribution >= 4 is 0 Å². The van der Waals surface area contributed by atoms with Crippen molar-refractivity contribution in [1.29, 1.82) is 0 Å². The van der Waals surface area contributed by atoms with Crippen LogP contribution in [0.5, 0.6) is 0 Å².